The van der Waals surface area contributed by atoms with Gasteiger partial charge in [0.25, 0.3) is 5.56 Å². The van der Waals surface area contributed by atoms with Crippen molar-refractivity contribution in [3.8, 4) is 17.1 Å². The van der Waals surface area contributed by atoms with Crippen LogP contribution < -0.4 is 19.6 Å². The van der Waals surface area contributed by atoms with Crippen LogP contribution in [0, 0.1) is 5.92 Å². The molecule has 0 saturated heterocycles. The number of halogens is 1. The summed E-state index contributed by atoms with van der Waals surface area (Å²) in [5, 5.41) is 0.616. The highest BCUT2D eigenvalue weighted by Crippen LogP contribution is 2.70. The van der Waals surface area contributed by atoms with Crippen molar-refractivity contribution in [3.05, 3.63) is 96.7 Å². The van der Waals surface area contributed by atoms with Crippen LogP contribution in [0.4, 0.5) is 0 Å². The van der Waals surface area contributed by atoms with Gasteiger partial charge in [-0.15, -0.1) is 0 Å². The number of hydrogen-bond acceptors (Lipinski definition) is 7. The molecule has 1 saturated carbocycles. The first-order valence-electron chi connectivity index (χ1n) is 11.4. The van der Waals surface area contributed by atoms with Gasteiger partial charge in [-0.3, -0.25) is 14.2 Å². The van der Waals surface area contributed by atoms with Gasteiger partial charge in [0.2, 0.25) is 0 Å². The number of carbonyl (C=O) groups is 1. The monoisotopic (exact) mass is 518 g/mol. The minimum absolute atomic E-state index is 0.207. The average molecular weight is 519 g/mol. The molecular formula is C27H19ClN2O5S. The molecule has 4 heterocycles. The molecule has 1 aliphatic carbocycles. The number of benzene rings is 2. The first kappa shape index (κ1) is 21.6. The minimum Gasteiger partial charge on any atom is -0.481 e. The van der Waals surface area contributed by atoms with E-state index in [2.05, 4.69) is 0 Å². The molecule has 4 atom stereocenters. The van der Waals surface area contributed by atoms with E-state index in [9.17, 15) is 9.59 Å². The zero-order valence-corrected chi connectivity index (χ0v) is 20.8. The molecule has 2 aromatic heterocycles. The van der Waals surface area contributed by atoms with Gasteiger partial charge in [-0.05, 0) is 37.3 Å². The number of furan rings is 1. The second kappa shape index (κ2) is 7.21. The molecular weight excluding hydrogens is 500 g/mol. The summed E-state index contributed by atoms with van der Waals surface area (Å²) in [6.45, 7) is 1.90. The summed E-state index contributed by atoms with van der Waals surface area (Å²) in [5.41, 5.74) is -0.338. The van der Waals surface area contributed by atoms with Crippen molar-refractivity contribution in [2.45, 2.75) is 24.1 Å². The zero-order valence-electron chi connectivity index (χ0n) is 19.2. The Hall–Kier alpha value is -3.62. The van der Waals surface area contributed by atoms with E-state index in [1.54, 1.807) is 16.7 Å². The van der Waals surface area contributed by atoms with Gasteiger partial charge < -0.3 is 13.9 Å². The Kier molecular flexibility index (Phi) is 4.34. The second-order valence-electron chi connectivity index (χ2n) is 9.33. The van der Waals surface area contributed by atoms with Crippen LogP contribution >= 0.6 is 22.9 Å². The van der Waals surface area contributed by atoms with Crippen molar-refractivity contribution >= 4 is 35.0 Å². The molecule has 4 aromatic rings. The number of nitrogens with zero attached hydrogens (tertiary/aromatic N) is 2. The molecule has 2 aliphatic heterocycles. The van der Waals surface area contributed by atoms with E-state index in [0.717, 1.165) is 11.1 Å². The molecule has 0 radical (unpaired) electrons. The van der Waals surface area contributed by atoms with Crippen LogP contribution in [0.5, 0.6) is 5.75 Å². The SMILES string of the molecule is COC(=O)[C@H]1[C@]23Oc4ccccc4[C@@H]2n2c(s/c(=C\c4ccc(-c5cccc(Cl)c5)o4)c2=O)=N[C@@]13C. The average Bonchev–Trinajstić information content (AvgIpc) is 3.28. The first-order valence-corrected chi connectivity index (χ1v) is 12.6. The molecule has 1 fully saturated rings. The summed E-state index contributed by atoms with van der Waals surface area (Å²) in [5.74, 6) is 0.850. The third kappa shape index (κ3) is 2.66. The van der Waals surface area contributed by atoms with Crippen LogP contribution in [-0.4, -0.2) is 28.8 Å². The highest BCUT2D eigenvalue weighted by atomic mass is 35.5. The van der Waals surface area contributed by atoms with Crippen LogP contribution in [0.25, 0.3) is 17.4 Å². The summed E-state index contributed by atoms with van der Waals surface area (Å²) < 4.78 is 19.7. The van der Waals surface area contributed by atoms with Gasteiger partial charge in [-0.25, -0.2) is 4.99 Å². The minimum atomic E-state index is -0.997. The largest absolute Gasteiger partial charge is 0.481 e. The molecule has 180 valence electrons. The number of aromatic nitrogens is 1. The number of fused-ring (bicyclic) bond motifs is 4. The third-order valence-electron chi connectivity index (χ3n) is 7.47. The lowest BCUT2D eigenvalue weighted by atomic mass is 9.97. The standard InChI is InChI=1S/C27H19ClN2O5S/c1-26-21(24(32)33-2)27(26)22(17-8-3-4-9-19(17)35-27)30-23(31)20(36-25(30)29-26)13-16-10-11-18(34-16)14-6-5-7-15(28)12-14/h3-13,21-22H,1-2H3/b20-13-/t21-,22+,26+,27+/m1/s1. The number of ether oxygens (including phenoxy) is 2. The van der Waals surface area contributed by atoms with Gasteiger partial charge in [-0.1, -0.05) is 53.3 Å². The van der Waals surface area contributed by atoms with Gasteiger partial charge in [0.1, 0.15) is 34.8 Å². The van der Waals surface area contributed by atoms with Crippen molar-refractivity contribution in [3.63, 3.8) is 0 Å². The van der Waals surface area contributed by atoms with Crippen LogP contribution in [0.2, 0.25) is 5.02 Å². The molecule has 36 heavy (non-hydrogen) atoms. The van der Waals surface area contributed by atoms with Crippen molar-refractivity contribution in [2.24, 2.45) is 10.9 Å². The topological polar surface area (TPSA) is 83.0 Å². The quantitative estimate of drug-likeness (QED) is 0.387. The molecule has 0 N–H and O–H groups in total. The lowest BCUT2D eigenvalue weighted by Crippen LogP contribution is -2.47. The Morgan fingerprint density at radius 3 is 2.83 bits per heavy atom. The van der Waals surface area contributed by atoms with E-state index in [-0.39, 0.29) is 5.56 Å². The van der Waals surface area contributed by atoms with E-state index < -0.39 is 29.1 Å². The van der Waals surface area contributed by atoms with Gasteiger partial charge in [-0.2, -0.15) is 0 Å². The smallest absolute Gasteiger partial charge is 0.315 e. The number of rotatable bonds is 3. The van der Waals surface area contributed by atoms with Gasteiger partial charge in [0, 0.05) is 22.2 Å². The summed E-state index contributed by atoms with van der Waals surface area (Å²) in [4.78, 5) is 32.0. The van der Waals surface area contributed by atoms with Crippen LogP contribution in [-0.2, 0) is 9.53 Å². The molecule has 3 aliphatic rings. The maximum atomic E-state index is 13.8. The van der Waals surface area contributed by atoms with E-state index in [0.29, 0.717) is 31.6 Å². The van der Waals surface area contributed by atoms with Crippen LogP contribution in [0.1, 0.15) is 24.3 Å². The fourth-order valence-electron chi connectivity index (χ4n) is 5.82. The summed E-state index contributed by atoms with van der Waals surface area (Å²) in [6.07, 6.45) is 1.72. The van der Waals surface area contributed by atoms with Crippen molar-refractivity contribution in [2.75, 3.05) is 7.11 Å². The molecule has 7 rings (SSSR count). The van der Waals surface area contributed by atoms with Crippen molar-refractivity contribution < 1.29 is 18.7 Å². The zero-order chi connectivity index (χ0) is 24.8. The second-order valence-corrected chi connectivity index (χ2v) is 10.8. The normalized spacial score (nSPS) is 27.2. The lowest BCUT2D eigenvalue weighted by Gasteiger charge is -2.26. The van der Waals surface area contributed by atoms with E-state index in [1.165, 1.54) is 18.4 Å². The summed E-state index contributed by atoms with van der Waals surface area (Å²) in [7, 11) is 1.36. The molecule has 2 aromatic carbocycles. The van der Waals surface area contributed by atoms with Crippen LogP contribution in [0.3, 0.4) is 0 Å². The molecule has 9 heteroatoms. The molecule has 1 spiro atoms. The molecule has 7 nitrogen and oxygen atoms in total. The number of esters is 1. The fraction of sp³-hybridized carbons (Fsp3) is 0.222. The Bertz CT molecular complexity index is 1770. The molecule has 0 unspecified atom stereocenters. The highest BCUT2D eigenvalue weighted by Gasteiger charge is 2.88. The third-order valence-corrected chi connectivity index (χ3v) is 8.68. The Morgan fingerprint density at radius 1 is 1.19 bits per heavy atom. The number of thiazole rings is 1. The predicted octanol–water partition coefficient (Wildman–Crippen LogP) is 3.57. The highest BCUT2D eigenvalue weighted by molar-refractivity contribution is 7.07. The van der Waals surface area contributed by atoms with Crippen LogP contribution in [0.15, 0.2) is 74.9 Å². The van der Waals surface area contributed by atoms with E-state index in [4.69, 9.17) is 30.5 Å². The first-order chi connectivity index (χ1) is 17.4. The maximum Gasteiger partial charge on any atom is 0.315 e. The Balaban J connectivity index is 1.39. The summed E-state index contributed by atoms with van der Waals surface area (Å²) >= 11 is 7.39. The number of hydrogen-bond donors (Lipinski definition) is 0. The van der Waals surface area contributed by atoms with Gasteiger partial charge >= 0.3 is 5.97 Å². The summed E-state index contributed by atoms with van der Waals surface area (Å²) in [6, 6.07) is 18.2. The number of para-hydroxylation sites is 1. The number of carbonyl (C=O) groups excluding carboxylic acids is 1. The Morgan fingerprint density at radius 2 is 2.03 bits per heavy atom. The van der Waals surface area contributed by atoms with Crippen molar-refractivity contribution in [1.82, 2.24) is 4.57 Å². The molecule has 0 amide bonds. The van der Waals surface area contributed by atoms with E-state index >= 15 is 0 Å². The van der Waals surface area contributed by atoms with Gasteiger partial charge in [0.15, 0.2) is 10.4 Å². The predicted molar refractivity (Wildman–Crippen MR) is 134 cm³/mol. The van der Waals surface area contributed by atoms with E-state index in [1.807, 2.05) is 61.5 Å². The Labute approximate surface area is 213 Å². The lowest BCUT2D eigenvalue weighted by molar-refractivity contribution is -0.144. The van der Waals surface area contributed by atoms with Gasteiger partial charge in [0.05, 0.1) is 11.6 Å². The van der Waals surface area contributed by atoms with Crippen molar-refractivity contribution in [1.29, 1.82) is 0 Å². The maximum absolute atomic E-state index is 13.8. The number of methoxy groups -OCH3 is 1. The fourth-order valence-corrected chi connectivity index (χ4v) is 7.09. The molecule has 0 bridgehead atoms.